The summed E-state index contributed by atoms with van der Waals surface area (Å²) in [6.07, 6.45) is 10.2. The molecule has 0 bridgehead atoms. The van der Waals surface area contributed by atoms with Crippen molar-refractivity contribution in [1.82, 2.24) is 4.90 Å². The van der Waals surface area contributed by atoms with E-state index < -0.39 is 6.04 Å². The molecule has 1 amide bonds. The first-order valence-electron chi connectivity index (χ1n) is 6.16. The Morgan fingerprint density at radius 3 is 2.69 bits per heavy atom. The van der Waals surface area contributed by atoms with Crippen LogP contribution in [0.15, 0.2) is 0 Å². The number of terminal acetylenes is 1. The molecule has 1 fully saturated rings. The van der Waals surface area contributed by atoms with Crippen LogP contribution in [0.5, 0.6) is 0 Å². The van der Waals surface area contributed by atoms with Crippen LogP contribution in [0.3, 0.4) is 0 Å². The summed E-state index contributed by atoms with van der Waals surface area (Å²) in [6.45, 7) is 3.91. The summed E-state index contributed by atoms with van der Waals surface area (Å²) in [6, 6.07) is -0.507. The predicted molar refractivity (Wildman–Crippen MR) is 65.6 cm³/mol. The molecular weight excluding hydrogens is 200 g/mol. The van der Waals surface area contributed by atoms with Gasteiger partial charge in [0, 0.05) is 19.5 Å². The van der Waals surface area contributed by atoms with Crippen LogP contribution in [0.1, 0.15) is 39.0 Å². The fraction of sp³-hybridized carbons (Fsp3) is 0.769. The van der Waals surface area contributed by atoms with Crippen LogP contribution in [0, 0.1) is 18.3 Å². The molecule has 0 spiro atoms. The second kappa shape index (κ2) is 6.55. The second-order valence-corrected chi connectivity index (χ2v) is 4.57. The normalized spacial score (nSPS) is 19.2. The van der Waals surface area contributed by atoms with Crippen LogP contribution in [0.2, 0.25) is 0 Å². The van der Waals surface area contributed by atoms with Gasteiger partial charge in [-0.3, -0.25) is 4.79 Å². The highest BCUT2D eigenvalue weighted by Gasteiger charge is 2.25. The largest absolute Gasteiger partial charge is 0.341 e. The van der Waals surface area contributed by atoms with E-state index in [0.29, 0.717) is 6.42 Å². The molecule has 90 valence electrons. The molecule has 1 saturated heterocycles. The highest BCUT2D eigenvalue weighted by atomic mass is 16.2. The average molecular weight is 222 g/mol. The third-order valence-corrected chi connectivity index (χ3v) is 3.28. The summed E-state index contributed by atoms with van der Waals surface area (Å²) >= 11 is 0. The third-order valence-electron chi connectivity index (χ3n) is 3.28. The van der Waals surface area contributed by atoms with Gasteiger partial charge in [0.1, 0.15) is 0 Å². The molecule has 1 rings (SSSR count). The first-order valence-corrected chi connectivity index (χ1v) is 6.16. The quantitative estimate of drug-likeness (QED) is 0.730. The number of nitrogens with two attached hydrogens (primary N) is 1. The fourth-order valence-electron chi connectivity index (χ4n) is 2.30. The van der Waals surface area contributed by atoms with Crippen LogP contribution < -0.4 is 5.73 Å². The SMILES string of the molecule is C#CCC(N)C(=O)N1CCC(CCC)CC1. The van der Waals surface area contributed by atoms with Crippen molar-refractivity contribution < 1.29 is 4.79 Å². The van der Waals surface area contributed by atoms with Crippen molar-refractivity contribution in [3.05, 3.63) is 0 Å². The molecule has 0 aliphatic carbocycles. The molecule has 0 saturated carbocycles. The number of likely N-dealkylation sites (tertiary alicyclic amines) is 1. The summed E-state index contributed by atoms with van der Waals surface area (Å²) in [5.41, 5.74) is 5.72. The van der Waals surface area contributed by atoms with E-state index in [4.69, 9.17) is 12.2 Å². The summed E-state index contributed by atoms with van der Waals surface area (Å²) < 4.78 is 0. The van der Waals surface area contributed by atoms with Crippen molar-refractivity contribution in [2.75, 3.05) is 13.1 Å². The Kier molecular flexibility index (Phi) is 5.34. The van der Waals surface area contributed by atoms with Gasteiger partial charge in [-0.2, -0.15) is 0 Å². The first-order chi connectivity index (χ1) is 7.69. The molecule has 0 radical (unpaired) electrons. The molecule has 0 aromatic heterocycles. The van der Waals surface area contributed by atoms with E-state index in [-0.39, 0.29) is 5.91 Å². The average Bonchev–Trinajstić information content (AvgIpc) is 2.30. The van der Waals surface area contributed by atoms with E-state index >= 15 is 0 Å². The molecular formula is C13H22N2O. The molecule has 3 heteroatoms. The molecule has 0 aromatic carbocycles. The van der Waals surface area contributed by atoms with E-state index in [9.17, 15) is 4.79 Å². The van der Waals surface area contributed by atoms with Gasteiger partial charge in [-0.25, -0.2) is 0 Å². The van der Waals surface area contributed by atoms with Crippen LogP contribution >= 0.6 is 0 Å². The number of amides is 1. The Bertz CT molecular complexity index is 262. The number of carbonyl (C=O) groups is 1. The van der Waals surface area contributed by atoms with Gasteiger partial charge in [0.25, 0.3) is 0 Å². The Morgan fingerprint density at radius 2 is 2.19 bits per heavy atom. The minimum absolute atomic E-state index is 0.0212. The fourth-order valence-corrected chi connectivity index (χ4v) is 2.30. The number of hydrogen-bond acceptors (Lipinski definition) is 2. The maximum absolute atomic E-state index is 11.9. The Morgan fingerprint density at radius 1 is 1.56 bits per heavy atom. The van der Waals surface area contributed by atoms with Gasteiger partial charge in [-0.05, 0) is 18.8 Å². The molecule has 1 unspecified atom stereocenters. The van der Waals surface area contributed by atoms with Crippen LogP contribution in [0.25, 0.3) is 0 Å². The zero-order valence-corrected chi connectivity index (χ0v) is 10.1. The molecule has 1 heterocycles. The minimum Gasteiger partial charge on any atom is -0.341 e. The maximum Gasteiger partial charge on any atom is 0.240 e. The van der Waals surface area contributed by atoms with E-state index in [1.807, 2.05) is 4.90 Å². The number of carbonyl (C=O) groups excluding carboxylic acids is 1. The van der Waals surface area contributed by atoms with Crippen molar-refractivity contribution in [3.8, 4) is 12.3 Å². The minimum atomic E-state index is -0.507. The molecule has 16 heavy (non-hydrogen) atoms. The van der Waals surface area contributed by atoms with Crippen LogP contribution in [-0.4, -0.2) is 29.9 Å². The van der Waals surface area contributed by atoms with Gasteiger partial charge >= 0.3 is 0 Å². The molecule has 0 aromatic rings. The molecule has 3 nitrogen and oxygen atoms in total. The monoisotopic (exact) mass is 222 g/mol. The lowest BCUT2D eigenvalue weighted by atomic mass is 9.92. The van der Waals surface area contributed by atoms with Gasteiger partial charge in [0.2, 0.25) is 5.91 Å². The molecule has 1 atom stereocenters. The highest BCUT2D eigenvalue weighted by Crippen LogP contribution is 2.21. The third kappa shape index (κ3) is 3.53. The van der Waals surface area contributed by atoms with Crippen LogP contribution in [-0.2, 0) is 4.79 Å². The van der Waals surface area contributed by atoms with Gasteiger partial charge in [-0.1, -0.05) is 19.8 Å². The van der Waals surface area contributed by atoms with Gasteiger partial charge < -0.3 is 10.6 Å². The lowest BCUT2D eigenvalue weighted by molar-refractivity contribution is -0.133. The summed E-state index contributed by atoms with van der Waals surface area (Å²) in [4.78, 5) is 13.7. The number of piperidine rings is 1. The van der Waals surface area contributed by atoms with Crippen molar-refractivity contribution in [3.63, 3.8) is 0 Å². The van der Waals surface area contributed by atoms with E-state index in [0.717, 1.165) is 31.8 Å². The van der Waals surface area contributed by atoms with E-state index in [1.165, 1.54) is 12.8 Å². The van der Waals surface area contributed by atoms with Gasteiger partial charge in [0.05, 0.1) is 6.04 Å². The Hall–Kier alpha value is -1.01. The van der Waals surface area contributed by atoms with Gasteiger partial charge in [0.15, 0.2) is 0 Å². The van der Waals surface area contributed by atoms with Crippen molar-refractivity contribution in [1.29, 1.82) is 0 Å². The van der Waals surface area contributed by atoms with E-state index in [2.05, 4.69) is 12.8 Å². The van der Waals surface area contributed by atoms with Crippen molar-refractivity contribution in [2.45, 2.75) is 45.1 Å². The van der Waals surface area contributed by atoms with Crippen molar-refractivity contribution in [2.24, 2.45) is 11.7 Å². The zero-order chi connectivity index (χ0) is 12.0. The maximum atomic E-state index is 11.9. The summed E-state index contributed by atoms with van der Waals surface area (Å²) in [7, 11) is 0. The molecule has 1 aliphatic rings. The predicted octanol–water partition coefficient (Wildman–Crippen LogP) is 1.38. The zero-order valence-electron chi connectivity index (χ0n) is 10.1. The van der Waals surface area contributed by atoms with E-state index in [1.54, 1.807) is 0 Å². The van der Waals surface area contributed by atoms with Gasteiger partial charge in [-0.15, -0.1) is 12.3 Å². The molecule has 2 N–H and O–H groups in total. The Labute approximate surface area is 98.4 Å². The standard InChI is InChI=1S/C13H22N2O/c1-3-5-11-7-9-15(10-8-11)13(16)12(14)6-4-2/h2,11-12H,3,5-10,14H2,1H3. The Balaban J connectivity index is 2.36. The lowest BCUT2D eigenvalue weighted by Gasteiger charge is -2.33. The summed E-state index contributed by atoms with van der Waals surface area (Å²) in [5, 5.41) is 0. The highest BCUT2D eigenvalue weighted by molar-refractivity contribution is 5.82. The second-order valence-electron chi connectivity index (χ2n) is 4.57. The first kappa shape index (κ1) is 13.1. The van der Waals surface area contributed by atoms with Crippen LogP contribution in [0.4, 0.5) is 0 Å². The number of rotatable bonds is 4. The summed E-state index contributed by atoms with van der Waals surface area (Å²) in [5.74, 6) is 3.25. The smallest absolute Gasteiger partial charge is 0.240 e. The number of nitrogens with zero attached hydrogens (tertiary/aromatic N) is 1. The molecule has 1 aliphatic heterocycles. The lowest BCUT2D eigenvalue weighted by Crippen LogP contribution is -2.47. The van der Waals surface area contributed by atoms with Crippen molar-refractivity contribution >= 4 is 5.91 Å². The topological polar surface area (TPSA) is 46.3 Å². The number of hydrogen-bond donors (Lipinski definition) is 1.